The summed E-state index contributed by atoms with van der Waals surface area (Å²) in [5.41, 5.74) is 1.62. The van der Waals surface area contributed by atoms with E-state index in [9.17, 15) is 19.4 Å². The highest BCUT2D eigenvalue weighted by atomic mass is 19.1. The zero-order chi connectivity index (χ0) is 21.9. The number of phenolic OH excluding ortho intramolecular Hbond substituents is 1. The van der Waals surface area contributed by atoms with Gasteiger partial charge in [-0.25, -0.2) is 4.39 Å². The number of phenols is 1. The van der Waals surface area contributed by atoms with Crippen LogP contribution >= 0.6 is 0 Å². The number of benzene rings is 2. The van der Waals surface area contributed by atoms with Gasteiger partial charge in [0.15, 0.2) is 0 Å². The number of rotatable bonds is 8. The highest BCUT2D eigenvalue weighted by molar-refractivity contribution is 5.87. The minimum absolute atomic E-state index is 0.128. The highest BCUT2D eigenvalue weighted by Gasteiger charge is 2.45. The predicted octanol–water partition coefficient (Wildman–Crippen LogP) is 3.33. The van der Waals surface area contributed by atoms with E-state index in [4.69, 9.17) is 0 Å². The lowest BCUT2D eigenvalue weighted by atomic mass is 10.0. The number of likely N-dealkylation sites (N-methyl/N-ethyl adjacent to an activating group) is 1. The molecule has 1 amide bonds. The molecule has 30 heavy (non-hydrogen) atoms. The molecular formula is C23H26FN3O3. The number of amides is 1. The van der Waals surface area contributed by atoms with Crippen LogP contribution in [0.15, 0.2) is 55.6 Å². The van der Waals surface area contributed by atoms with E-state index in [2.05, 4.69) is 23.8 Å². The average Bonchev–Trinajstić information content (AvgIpc) is 3.08. The molecular weight excluding hydrogens is 385 g/mol. The van der Waals surface area contributed by atoms with Gasteiger partial charge in [0.25, 0.3) is 5.91 Å². The molecule has 0 saturated carbocycles. The molecule has 1 atom stereocenters. The number of allylic oxidation sites excluding steroid dienone is 1. The molecule has 1 aliphatic heterocycles. The first kappa shape index (κ1) is 21.4. The smallest absolute Gasteiger partial charge is 0.273 e. The quantitative estimate of drug-likeness (QED) is 0.501. The fourth-order valence-corrected chi connectivity index (χ4v) is 3.69. The number of anilines is 1. The molecule has 0 saturated heterocycles. The van der Waals surface area contributed by atoms with Gasteiger partial charge in [0.1, 0.15) is 11.6 Å². The molecule has 0 aliphatic carbocycles. The third-order valence-corrected chi connectivity index (χ3v) is 5.37. The lowest BCUT2D eigenvalue weighted by Gasteiger charge is -2.37. The van der Waals surface area contributed by atoms with Gasteiger partial charge in [-0.05, 0) is 18.6 Å². The summed E-state index contributed by atoms with van der Waals surface area (Å²) in [5.74, 6) is -1.14. The number of hydrogen-bond donors (Lipinski definition) is 4. The fourth-order valence-electron chi connectivity index (χ4n) is 3.69. The number of fused-ring (bicyclic) bond motifs is 1. The van der Waals surface area contributed by atoms with E-state index in [0.29, 0.717) is 17.7 Å². The Bertz CT molecular complexity index is 992. The van der Waals surface area contributed by atoms with Crippen molar-refractivity contribution in [3.05, 3.63) is 78.1 Å². The molecule has 1 heterocycles. The molecule has 2 aromatic rings. The fraction of sp³-hybridized carbons (Fsp3) is 0.261. The van der Waals surface area contributed by atoms with Crippen LogP contribution in [0.2, 0.25) is 0 Å². The summed E-state index contributed by atoms with van der Waals surface area (Å²) in [5, 5.41) is 26.3. The molecule has 1 unspecified atom stereocenters. The van der Waals surface area contributed by atoms with E-state index < -0.39 is 17.4 Å². The Kier molecular flexibility index (Phi) is 6.12. The molecule has 158 valence electrons. The minimum atomic E-state index is -1.76. The molecule has 0 fully saturated rings. The van der Waals surface area contributed by atoms with Crippen molar-refractivity contribution in [3.63, 3.8) is 0 Å². The zero-order valence-corrected chi connectivity index (χ0v) is 16.9. The van der Waals surface area contributed by atoms with Gasteiger partial charge in [-0.3, -0.25) is 4.79 Å². The monoisotopic (exact) mass is 411 g/mol. The van der Waals surface area contributed by atoms with Gasteiger partial charge < -0.3 is 25.7 Å². The second kappa shape index (κ2) is 8.59. The number of nitrogens with zero attached hydrogens (tertiary/aromatic N) is 1. The number of halogens is 1. The topological polar surface area (TPSA) is 84.8 Å². The van der Waals surface area contributed by atoms with Crippen molar-refractivity contribution >= 4 is 17.3 Å². The van der Waals surface area contributed by atoms with Crippen LogP contribution in [0, 0.1) is 5.82 Å². The zero-order valence-electron chi connectivity index (χ0n) is 16.9. The van der Waals surface area contributed by atoms with Crippen molar-refractivity contribution in [1.82, 2.24) is 10.2 Å². The van der Waals surface area contributed by atoms with Crippen LogP contribution in [0.4, 0.5) is 10.1 Å². The summed E-state index contributed by atoms with van der Waals surface area (Å²) in [7, 11) is 1.48. The highest BCUT2D eigenvalue weighted by Crippen LogP contribution is 2.41. The number of nitrogens with one attached hydrogen (secondary N) is 2. The lowest BCUT2D eigenvalue weighted by molar-refractivity contribution is -0.157. The number of carbonyl (C=O) groups is 1. The van der Waals surface area contributed by atoms with Crippen LogP contribution < -0.4 is 10.6 Å². The first-order valence-electron chi connectivity index (χ1n) is 9.67. The maximum absolute atomic E-state index is 14.0. The number of aliphatic hydroxyl groups is 1. The largest absolute Gasteiger partial charge is 0.508 e. The minimum Gasteiger partial charge on any atom is -0.508 e. The van der Waals surface area contributed by atoms with Crippen LogP contribution in [0.25, 0.3) is 5.70 Å². The van der Waals surface area contributed by atoms with Crippen molar-refractivity contribution in [1.29, 1.82) is 0 Å². The van der Waals surface area contributed by atoms with Crippen LogP contribution in [0.1, 0.15) is 29.5 Å². The Morgan fingerprint density at radius 3 is 2.80 bits per heavy atom. The SMILES string of the molecule is C=CCCC(O)(C(=O)NC)N1Cc2c(NCc3ccc(O)cc3F)cccc2C1=C. The van der Waals surface area contributed by atoms with Crippen molar-refractivity contribution in [2.24, 2.45) is 0 Å². The maximum atomic E-state index is 14.0. The number of carbonyl (C=O) groups excluding carboxylic acids is 1. The molecule has 0 aromatic heterocycles. The third kappa shape index (κ3) is 3.89. The molecule has 7 heteroatoms. The molecule has 1 aliphatic rings. The molecule has 0 spiro atoms. The summed E-state index contributed by atoms with van der Waals surface area (Å²) in [6, 6.07) is 9.59. The Labute approximate surface area is 175 Å². The van der Waals surface area contributed by atoms with Gasteiger partial charge in [-0.2, -0.15) is 0 Å². The summed E-state index contributed by atoms with van der Waals surface area (Å²) in [6.07, 6.45) is 2.28. The Hall–Kier alpha value is -3.32. The van der Waals surface area contributed by atoms with E-state index in [1.807, 2.05) is 18.2 Å². The van der Waals surface area contributed by atoms with Crippen LogP contribution in [-0.2, 0) is 17.9 Å². The van der Waals surface area contributed by atoms with E-state index in [1.54, 1.807) is 11.0 Å². The van der Waals surface area contributed by atoms with Crippen LogP contribution in [-0.4, -0.2) is 33.8 Å². The van der Waals surface area contributed by atoms with Gasteiger partial charge in [0.2, 0.25) is 5.72 Å². The maximum Gasteiger partial charge on any atom is 0.273 e. The molecule has 0 bridgehead atoms. The van der Waals surface area contributed by atoms with Gasteiger partial charge >= 0.3 is 0 Å². The molecule has 2 aromatic carbocycles. The Morgan fingerprint density at radius 2 is 2.13 bits per heavy atom. The second-order valence-corrected chi connectivity index (χ2v) is 7.22. The molecule has 6 nitrogen and oxygen atoms in total. The normalized spacial score (nSPS) is 14.8. The van der Waals surface area contributed by atoms with Gasteiger partial charge in [0, 0.05) is 60.7 Å². The van der Waals surface area contributed by atoms with Crippen molar-refractivity contribution < 1.29 is 19.4 Å². The first-order chi connectivity index (χ1) is 14.3. The van der Waals surface area contributed by atoms with Crippen molar-refractivity contribution in [2.45, 2.75) is 31.7 Å². The van der Waals surface area contributed by atoms with E-state index >= 15 is 0 Å². The van der Waals surface area contributed by atoms with E-state index in [1.165, 1.54) is 19.2 Å². The number of hydrogen-bond acceptors (Lipinski definition) is 5. The summed E-state index contributed by atoms with van der Waals surface area (Å²) < 4.78 is 14.0. The van der Waals surface area contributed by atoms with E-state index in [0.717, 1.165) is 22.9 Å². The summed E-state index contributed by atoms with van der Waals surface area (Å²) in [4.78, 5) is 14.1. The third-order valence-electron chi connectivity index (χ3n) is 5.37. The van der Waals surface area contributed by atoms with Crippen LogP contribution in [0.5, 0.6) is 5.75 Å². The first-order valence-corrected chi connectivity index (χ1v) is 9.67. The van der Waals surface area contributed by atoms with Gasteiger partial charge in [-0.15, -0.1) is 6.58 Å². The van der Waals surface area contributed by atoms with Crippen molar-refractivity contribution in [3.8, 4) is 5.75 Å². The Morgan fingerprint density at radius 1 is 1.37 bits per heavy atom. The van der Waals surface area contributed by atoms with Crippen LogP contribution in [0.3, 0.4) is 0 Å². The summed E-state index contributed by atoms with van der Waals surface area (Å²) in [6.45, 7) is 8.26. The van der Waals surface area contributed by atoms with Gasteiger partial charge in [0.05, 0.1) is 0 Å². The molecule has 4 N–H and O–H groups in total. The lowest BCUT2D eigenvalue weighted by Crippen LogP contribution is -2.56. The molecule has 3 rings (SSSR count). The predicted molar refractivity (Wildman–Crippen MR) is 115 cm³/mol. The second-order valence-electron chi connectivity index (χ2n) is 7.22. The average molecular weight is 411 g/mol. The van der Waals surface area contributed by atoms with E-state index in [-0.39, 0.29) is 25.3 Å². The van der Waals surface area contributed by atoms with Crippen molar-refractivity contribution in [2.75, 3.05) is 12.4 Å². The summed E-state index contributed by atoms with van der Waals surface area (Å²) >= 11 is 0. The standard InChI is InChI=1S/C23H26FN3O3/c1-4-5-11-23(30,22(29)25-3)27-14-19-18(15(27)2)7-6-8-21(19)26-13-16-9-10-17(28)12-20(16)24/h4,6-10,12,26,28,30H,1-2,5,11,13-14H2,3H3,(H,25,29). The van der Waals surface area contributed by atoms with Gasteiger partial charge in [-0.1, -0.05) is 30.9 Å². The number of aromatic hydroxyl groups is 1. The molecule has 0 radical (unpaired) electrons. The Balaban J connectivity index is 1.87.